The number of rotatable bonds is 4. The number of nitrogens with one attached hydrogen (secondary N) is 1. The van der Waals surface area contributed by atoms with Crippen molar-refractivity contribution in [2.45, 2.75) is 0 Å². The van der Waals surface area contributed by atoms with Gasteiger partial charge in [-0.05, 0) is 18.2 Å². The average molecular weight is 240 g/mol. The number of carbonyl (C=O) groups is 1. The second kappa shape index (κ2) is 5.63. The van der Waals surface area contributed by atoms with E-state index in [4.69, 9.17) is 5.11 Å². The molecule has 2 aromatic carbocycles. The lowest BCUT2D eigenvalue weighted by Gasteiger charge is -2.01. The quantitative estimate of drug-likeness (QED) is 0.638. The van der Waals surface area contributed by atoms with E-state index >= 15 is 0 Å². The van der Waals surface area contributed by atoms with Crippen LogP contribution in [-0.2, 0) is 0 Å². The highest BCUT2D eigenvalue weighted by Gasteiger charge is 2.06. The van der Waals surface area contributed by atoms with Crippen LogP contribution < -0.4 is 5.43 Å². The van der Waals surface area contributed by atoms with E-state index in [1.54, 1.807) is 24.3 Å². The lowest BCUT2D eigenvalue weighted by molar-refractivity contribution is 0.0697. The number of benzene rings is 2. The number of nitrogens with zero attached hydrogens (tertiary/aromatic N) is 1. The van der Waals surface area contributed by atoms with E-state index in [0.29, 0.717) is 5.56 Å². The number of para-hydroxylation sites is 1. The van der Waals surface area contributed by atoms with E-state index in [2.05, 4.69) is 10.5 Å². The van der Waals surface area contributed by atoms with Crippen molar-refractivity contribution in [3.63, 3.8) is 0 Å². The van der Waals surface area contributed by atoms with Gasteiger partial charge in [0.15, 0.2) is 0 Å². The molecule has 4 heteroatoms. The SMILES string of the molecule is O=C(O)c1ccccc1/C=N/Nc1ccccc1. The Balaban J connectivity index is 2.12. The molecule has 0 aromatic heterocycles. The number of hydrazone groups is 1. The lowest BCUT2D eigenvalue weighted by atomic mass is 10.1. The van der Waals surface area contributed by atoms with Crippen molar-refractivity contribution in [1.29, 1.82) is 0 Å². The fraction of sp³-hybridized carbons (Fsp3) is 0. The monoisotopic (exact) mass is 240 g/mol. The second-order valence-electron chi connectivity index (χ2n) is 3.63. The van der Waals surface area contributed by atoms with Crippen molar-refractivity contribution >= 4 is 17.9 Å². The Hall–Kier alpha value is -2.62. The van der Waals surface area contributed by atoms with Crippen LogP contribution in [0.25, 0.3) is 0 Å². The number of hydrogen-bond donors (Lipinski definition) is 2. The molecule has 0 heterocycles. The Labute approximate surface area is 105 Å². The molecule has 4 nitrogen and oxygen atoms in total. The number of carboxylic acids is 1. The van der Waals surface area contributed by atoms with Gasteiger partial charge in [0.1, 0.15) is 0 Å². The van der Waals surface area contributed by atoms with Gasteiger partial charge < -0.3 is 5.11 Å². The van der Waals surface area contributed by atoms with Gasteiger partial charge in [-0.15, -0.1) is 0 Å². The maximum atomic E-state index is 11.0. The number of aromatic carboxylic acids is 1. The van der Waals surface area contributed by atoms with Crippen LogP contribution >= 0.6 is 0 Å². The molecule has 2 aromatic rings. The van der Waals surface area contributed by atoms with Gasteiger partial charge in [-0.3, -0.25) is 5.43 Å². The van der Waals surface area contributed by atoms with E-state index in [0.717, 1.165) is 5.69 Å². The van der Waals surface area contributed by atoms with Crippen LogP contribution in [0.4, 0.5) is 5.69 Å². The molecular weight excluding hydrogens is 228 g/mol. The Morgan fingerprint density at radius 3 is 2.44 bits per heavy atom. The van der Waals surface area contributed by atoms with Crippen molar-refractivity contribution in [3.8, 4) is 0 Å². The summed E-state index contributed by atoms with van der Waals surface area (Å²) in [5.41, 5.74) is 4.48. The molecule has 0 radical (unpaired) electrons. The van der Waals surface area contributed by atoms with Crippen LogP contribution in [0.2, 0.25) is 0 Å². The van der Waals surface area contributed by atoms with Crippen LogP contribution in [0.15, 0.2) is 59.7 Å². The van der Waals surface area contributed by atoms with Gasteiger partial charge in [-0.2, -0.15) is 5.10 Å². The Morgan fingerprint density at radius 2 is 1.72 bits per heavy atom. The summed E-state index contributed by atoms with van der Waals surface area (Å²) in [6.45, 7) is 0. The minimum absolute atomic E-state index is 0.233. The first-order valence-corrected chi connectivity index (χ1v) is 5.44. The highest BCUT2D eigenvalue weighted by molar-refractivity contribution is 5.98. The molecule has 0 aliphatic carbocycles. The Bertz CT molecular complexity index is 565. The Morgan fingerprint density at radius 1 is 1.06 bits per heavy atom. The van der Waals surface area contributed by atoms with Crippen molar-refractivity contribution in [3.05, 3.63) is 65.7 Å². The molecule has 0 bridgehead atoms. The number of anilines is 1. The summed E-state index contributed by atoms with van der Waals surface area (Å²) < 4.78 is 0. The molecule has 0 spiro atoms. The smallest absolute Gasteiger partial charge is 0.336 e. The summed E-state index contributed by atoms with van der Waals surface area (Å²) in [4.78, 5) is 11.0. The third-order valence-corrected chi connectivity index (χ3v) is 2.36. The van der Waals surface area contributed by atoms with Crippen molar-refractivity contribution in [2.75, 3.05) is 5.43 Å². The molecule has 0 amide bonds. The minimum atomic E-state index is -0.961. The van der Waals surface area contributed by atoms with Gasteiger partial charge in [0.2, 0.25) is 0 Å². The van der Waals surface area contributed by atoms with Gasteiger partial charge in [0.05, 0.1) is 17.5 Å². The van der Waals surface area contributed by atoms with Crippen LogP contribution in [0, 0.1) is 0 Å². The molecule has 0 aliphatic heterocycles. The van der Waals surface area contributed by atoms with E-state index in [1.807, 2.05) is 30.3 Å². The third kappa shape index (κ3) is 2.95. The van der Waals surface area contributed by atoms with Crippen molar-refractivity contribution < 1.29 is 9.90 Å². The fourth-order valence-electron chi connectivity index (χ4n) is 1.49. The molecule has 90 valence electrons. The first kappa shape index (κ1) is 11.9. The zero-order chi connectivity index (χ0) is 12.8. The molecule has 18 heavy (non-hydrogen) atoms. The summed E-state index contributed by atoms with van der Waals surface area (Å²) in [5, 5.41) is 13.0. The zero-order valence-electron chi connectivity index (χ0n) is 9.58. The van der Waals surface area contributed by atoms with Crippen LogP contribution in [0.5, 0.6) is 0 Å². The van der Waals surface area contributed by atoms with Gasteiger partial charge in [0.25, 0.3) is 0 Å². The largest absolute Gasteiger partial charge is 0.478 e. The normalized spacial score (nSPS) is 10.4. The predicted molar refractivity (Wildman–Crippen MR) is 71.1 cm³/mol. The van der Waals surface area contributed by atoms with E-state index in [1.165, 1.54) is 6.21 Å². The van der Waals surface area contributed by atoms with E-state index < -0.39 is 5.97 Å². The molecule has 0 fully saturated rings. The van der Waals surface area contributed by atoms with E-state index in [9.17, 15) is 4.79 Å². The molecule has 2 N–H and O–H groups in total. The minimum Gasteiger partial charge on any atom is -0.478 e. The first-order valence-electron chi connectivity index (χ1n) is 5.44. The van der Waals surface area contributed by atoms with Gasteiger partial charge in [-0.1, -0.05) is 36.4 Å². The van der Waals surface area contributed by atoms with Gasteiger partial charge in [0, 0.05) is 5.56 Å². The van der Waals surface area contributed by atoms with Crippen LogP contribution in [-0.4, -0.2) is 17.3 Å². The second-order valence-corrected chi connectivity index (χ2v) is 3.63. The standard InChI is InChI=1S/C14H12N2O2/c17-14(18)13-9-5-4-6-11(13)10-15-16-12-7-2-1-3-8-12/h1-10,16H,(H,17,18)/b15-10+. The fourth-order valence-corrected chi connectivity index (χ4v) is 1.49. The maximum Gasteiger partial charge on any atom is 0.336 e. The summed E-state index contributed by atoms with van der Waals surface area (Å²) in [6.07, 6.45) is 1.50. The lowest BCUT2D eigenvalue weighted by Crippen LogP contribution is -2.02. The Kier molecular flexibility index (Phi) is 3.71. The van der Waals surface area contributed by atoms with Crippen molar-refractivity contribution in [2.24, 2.45) is 5.10 Å². The van der Waals surface area contributed by atoms with E-state index in [-0.39, 0.29) is 5.56 Å². The molecule has 0 atom stereocenters. The van der Waals surface area contributed by atoms with Crippen molar-refractivity contribution in [1.82, 2.24) is 0 Å². The first-order chi connectivity index (χ1) is 8.77. The molecule has 0 aliphatic rings. The van der Waals surface area contributed by atoms with Crippen LogP contribution in [0.3, 0.4) is 0 Å². The summed E-state index contributed by atoms with van der Waals surface area (Å²) >= 11 is 0. The number of carboxylic acid groups (broad SMARTS) is 1. The highest BCUT2D eigenvalue weighted by Crippen LogP contribution is 2.07. The highest BCUT2D eigenvalue weighted by atomic mass is 16.4. The molecule has 0 saturated carbocycles. The molecule has 2 rings (SSSR count). The summed E-state index contributed by atoms with van der Waals surface area (Å²) in [7, 11) is 0. The number of hydrogen-bond acceptors (Lipinski definition) is 3. The average Bonchev–Trinajstić information content (AvgIpc) is 2.40. The zero-order valence-corrected chi connectivity index (χ0v) is 9.58. The topological polar surface area (TPSA) is 61.7 Å². The predicted octanol–water partition coefficient (Wildman–Crippen LogP) is 2.83. The summed E-state index contributed by atoms with van der Waals surface area (Å²) in [5.74, 6) is -0.961. The van der Waals surface area contributed by atoms with Gasteiger partial charge >= 0.3 is 5.97 Å². The van der Waals surface area contributed by atoms with Gasteiger partial charge in [-0.25, -0.2) is 4.79 Å². The van der Waals surface area contributed by atoms with Crippen LogP contribution in [0.1, 0.15) is 15.9 Å². The summed E-state index contributed by atoms with van der Waals surface area (Å²) in [6, 6.07) is 16.2. The molecule has 0 unspecified atom stereocenters. The molecular formula is C14H12N2O2. The third-order valence-electron chi connectivity index (χ3n) is 2.36. The maximum absolute atomic E-state index is 11.0. The molecule has 0 saturated heterocycles.